The smallest absolute Gasteiger partial charge is 0.246 e. The lowest BCUT2D eigenvalue weighted by molar-refractivity contribution is -0.125. The summed E-state index contributed by atoms with van der Waals surface area (Å²) in [6.07, 6.45) is 1.66. The highest BCUT2D eigenvalue weighted by molar-refractivity contribution is 5.97. The molecule has 0 radical (unpaired) electrons. The maximum atomic E-state index is 13.2. The lowest BCUT2D eigenvalue weighted by atomic mass is 10.1. The van der Waals surface area contributed by atoms with Crippen molar-refractivity contribution in [2.24, 2.45) is 5.92 Å². The summed E-state index contributed by atoms with van der Waals surface area (Å²) in [4.78, 5) is 41.1. The van der Waals surface area contributed by atoms with Crippen LogP contribution in [0.5, 0.6) is 0 Å². The Morgan fingerprint density at radius 3 is 2.38 bits per heavy atom. The van der Waals surface area contributed by atoms with Gasteiger partial charge in [-0.05, 0) is 49.1 Å². The van der Waals surface area contributed by atoms with Gasteiger partial charge in [-0.3, -0.25) is 19.4 Å². The van der Waals surface area contributed by atoms with Crippen molar-refractivity contribution in [2.75, 3.05) is 5.32 Å². The SMILES string of the molecule is CC(C)Cc1ncccc(NC(=O)[C@H](C)NC(=O)Cc2cc(F)cc(F)c2)c1=O. The highest BCUT2D eigenvalue weighted by atomic mass is 19.1. The number of halogens is 2. The zero-order valence-corrected chi connectivity index (χ0v) is 16.5. The van der Waals surface area contributed by atoms with Gasteiger partial charge < -0.3 is 10.6 Å². The summed E-state index contributed by atoms with van der Waals surface area (Å²) >= 11 is 0. The van der Waals surface area contributed by atoms with Gasteiger partial charge in [-0.1, -0.05) is 13.8 Å². The maximum absolute atomic E-state index is 13.2. The third-order valence-corrected chi connectivity index (χ3v) is 4.00. The summed E-state index contributed by atoms with van der Waals surface area (Å²) in [5.41, 5.74) is 0.168. The predicted molar refractivity (Wildman–Crippen MR) is 105 cm³/mol. The van der Waals surface area contributed by atoms with Crippen LogP contribution in [0.3, 0.4) is 0 Å². The van der Waals surface area contributed by atoms with E-state index < -0.39 is 29.5 Å². The van der Waals surface area contributed by atoms with E-state index in [0.29, 0.717) is 18.2 Å². The predicted octanol–water partition coefficient (Wildman–Crippen LogP) is 2.60. The Balaban J connectivity index is 2.04. The molecular formula is C21H23F2N3O3. The van der Waals surface area contributed by atoms with Crippen molar-refractivity contribution in [3.8, 4) is 0 Å². The fraction of sp³-hybridized carbons (Fsp3) is 0.333. The van der Waals surface area contributed by atoms with Crippen molar-refractivity contribution in [3.63, 3.8) is 0 Å². The van der Waals surface area contributed by atoms with Gasteiger partial charge in [0.15, 0.2) is 0 Å². The fourth-order valence-corrected chi connectivity index (χ4v) is 2.69. The minimum atomic E-state index is -0.965. The number of anilines is 1. The van der Waals surface area contributed by atoms with Gasteiger partial charge >= 0.3 is 0 Å². The van der Waals surface area contributed by atoms with Gasteiger partial charge in [0.25, 0.3) is 0 Å². The molecule has 2 rings (SSSR count). The van der Waals surface area contributed by atoms with Crippen molar-refractivity contribution in [2.45, 2.75) is 39.7 Å². The molecule has 0 aliphatic heterocycles. The molecule has 1 aromatic heterocycles. The topological polar surface area (TPSA) is 88.2 Å². The molecule has 0 bridgehead atoms. The summed E-state index contributed by atoms with van der Waals surface area (Å²) in [6.45, 7) is 5.35. The lowest BCUT2D eigenvalue weighted by Crippen LogP contribution is -2.42. The minimum absolute atomic E-state index is 0.0662. The van der Waals surface area contributed by atoms with Crippen LogP contribution >= 0.6 is 0 Å². The molecule has 0 saturated heterocycles. The summed E-state index contributed by atoms with van der Waals surface area (Å²) < 4.78 is 26.4. The van der Waals surface area contributed by atoms with Crippen LogP contribution in [0.25, 0.3) is 0 Å². The van der Waals surface area contributed by atoms with Gasteiger partial charge in [-0.15, -0.1) is 0 Å². The van der Waals surface area contributed by atoms with Gasteiger partial charge in [0, 0.05) is 12.3 Å². The van der Waals surface area contributed by atoms with E-state index in [2.05, 4.69) is 15.6 Å². The van der Waals surface area contributed by atoms with Gasteiger partial charge in [0.2, 0.25) is 17.2 Å². The van der Waals surface area contributed by atoms with Crippen LogP contribution in [0, 0.1) is 17.6 Å². The Hall–Kier alpha value is -3.16. The number of hydrogen-bond acceptors (Lipinski definition) is 4. The van der Waals surface area contributed by atoms with E-state index in [1.54, 1.807) is 6.07 Å². The quantitative estimate of drug-likeness (QED) is 0.744. The molecule has 2 aromatic rings. The molecular weight excluding hydrogens is 380 g/mol. The zero-order valence-electron chi connectivity index (χ0n) is 16.5. The molecule has 0 aliphatic carbocycles. The van der Waals surface area contributed by atoms with E-state index in [-0.39, 0.29) is 29.0 Å². The van der Waals surface area contributed by atoms with Crippen molar-refractivity contribution in [1.29, 1.82) is 0 Å². The Morgan fingerprint density at radius 2 is 1.76 bits per heavy atom. The highest BCUT2D eigenvalue weighted by Crippen LogP contribution is 2.09. The molecule has 6 nitrogen and oxygen atoms in total. The van der Waals surface area contributed by atoms with E-state index in [1.807, 2.05) is 13.8 Å². The van der Waals surface area contributed by atoms with E-state index in [9.17, 15) is 23.2 Å². The fourth-order valence-electron chi connectivity index (χ4n) is 2.69. The first-order valence-electron chi connectivity index (χ1n) is 9.19. The van der Waals surface area contributed by atoms with Crippen LogP contribution in [0.2, 0.25) is 0 Å². The summed E-state index contributed by atoms with van der Waals surface area (Å²) in [6, 6.07) is 4.82. The third-order valence-electron chi connectivity index (χ3n) is 4.00. The second-order valence-electron chi connectivity index (χ2n) is 7.16. The molecule has 2 N–H and O–H groups in total. The Labute approximate surface area is 167 Å². The number of aromatic nitrogens is 1. The summed E-state index contributed by atoms with van der Waals surface area (Å²) in [5.74, 6) is -2.54. The number of hydrogen-bond donors (Lipinski definition) is 2. The molecule has 29 heavy (non-hydrogen) atoms. The molecule has 2 amide bonds. The number of nitrogens with zero attached hydrogens (tertiary/aromatic N) is 1. The van der Waals surface area contributed by atoms with Crippen LogP contribution in [0.15, 0.2) is 41.3 Å². The number of carbonyl (C=O) groups is 2. The maximum Gasteiger partial charge on any atom is 0.246 e. The minimum Gasteiger partial charge on any atom is -0.344 e. The van der Waals surface area contributed by atoms with Crippen molar-refractivity contribution >= 4 is 17.5 Å². The Kier molecular flexibility index (Phi) is 7.52. The van der Waals surface area contributed by atoms with Crippen molar-refractivity contribution < 1.29 is 18.4 Å². The van der Waals surface area contributed by atoms with Crippen molar-refractivity contribution in [3.05, 3.63) is 69.6 Å². The van der Waals surface area contributed by atoms with Crippen LogP contribution in [0.4, 0.5) is 14.5 Å². The molecule has 0 aliphatic rings. The first-order chi connectivity index (χ1) is 13.7. The van der Waals surface area contributed by atoms with Crippen LogP contribution < -0.4 is 16.1 Å². The number of amides is 2. The second-order valence-corrected chi connectivity index (χ2v) is 7.16. The van der Waals surface area contributed by atoms with Crippen molar-refractivity contribution in [1.82, 2.24) is 10.3 Å². The number of nitrogens with one attached hydrogen (secondary N) is 2. The second kappa shape index (κ2) is 9.86. The van der Waals surface area contributed by atoms with Gasteiger partial charge in [0.05, 0.1) is 17.8 Å². The zero-order chi connectivity index (χ0) is 21.6. The van der Waals surface area contributed by atoms with Crippen LogP contribution in [-0.2, 0) is 22.4 Å². The average Bonchev–Trinajstić information content (AvgIpc) is 2.76. The van der Waals surface area contributed by atoms with Crippen LogP contribution in [0.1, 0.15) is 32.0 Å². The normalized spacial score (nSPS) is 11.8. The largest absolute Gasteiger partial charge is 0.344 e. The summed E-state index contributed by atoms with van der Waals surface area (Å²) in [7, 11) is 0. The van der Waals surface area contributed by atoms with Crippen LogP contribution in [-0.4, -0.2) is 22.8 Å². The summed E-state index contributed by atoms with van der Waals surface area (Å²) in [5, 5.41) is 4.95. The number of benzene rings is 1. The highest BCUT2D eigenvalue weighted by Gasteiger charge is 2.18. The average molecular weight is 403 g/mol. The molecule has 0 saturated carbocycles. The van der Waals surface area contributed by atoms with E-state index in [1.165, 1.54) is 19.2 Å². The molecule has 1 aromatic carbocycles. The van der Waals surface area contributed by atoms with E-state index in [0.717, 1.165) is 12.1 Å². The van der Waals surface area contributed by atoms with E-state index >= 15 is 0 Å². The standard InChI is InChI=1S/C21H23F2N3O3/c1-12(2)7-18-20(28)17(5-4-6-24-18)26-21(29)13(3)25-19(27)10-14-8-15(22)11-16(23)9-14/h4-6,8-9,11-13H,7,10H2,1-3H3,(H,25,27)(H,26,28,29)/t13-/m0/s1. The monoisotopic (exact) mass is 403 g/mol. The Morgan fingerprint density at radius 1 is 1.10 bits per heavy atom. The third kappa shape index (κ3) is 6.74. The first kappa shape index (κ1) is 22.1. The van der Waals surface area contributed by atoms with Gasteiger partial charge in [-0.25, -0.2) is 8.78 Å². The van der Waals surface area contributed by atoms with Gasteiger partial charge in [-0.2, -0.15) is 0 Å². The molecule has 0 unspecified atom stereocenters. The molecule has 0 spiro atoms. The van der Waals surface area contributed by atoms with Gasteiger partial charge in [0.1, 0.15) is 17.7 Å². The number of carbonyl (C=O) groups excluding carboxylic acids is 2. The van der Waals surface area contributed by atoms with E-state index in [4.69, 9.17) is 0 Å². The number of rotatable bonds is 7. The Bertz CT molecular complexity index is 944. The molecule has 1 heterocycles. The molecule has 8 heteroatoms. The lowest BCUT2D eigenvalue weighted by Gasteiger charge is -2.14. The molecule has 1 atom stereocenters. The first-order valence-corrected chi connectivity index (χ1v) is 9.19. The molecule has 154 valence electrons. The molecule has 0 fully saturated rings.